The molecule has 7 nitrogen and oxygen atoms in total. The number of aliphatic hydroxyl groups is 1. The minimum Gasteiger partial charge on any atom is -0.478 e. The quantitative estimate of drug-likeness (QED) is 0.253. The normalized spacial score (nSPS) is 21.7. The third-order valence-corrected chi connectivity index (χ3v) is 9.15. The highest BCUT2D eigenvalue weighted by Gasteiger charge is 2.39. The Bertz CT molecular complexity index is 1520. The third kappa shape index (κ3) is 4.51. The summed E-state index contributed by atoms with van der Waals surface area (Å²) in [5.74, 6) is -0.926. The Morgan fingerprint density at radius 2 is 2.00 bits per heavy atom. The van der Waals surface area contributed by atoms with Gasteiger partial charge in [0.25, 0.3) is 0 Å². The van der Waals surface area contributed by atoms with Crippen LogP contribution in [0.25, 0.3) is 21.5 Å². The van der Waals surface area contributed by atoms with Crippen LogP contribution in [0.4, 0.5) is 4.39 Å². The van der Waals surface area contributed by atoms with E-state index in [1.807, 2.05) is 25.1 Å². The van der Waals surface area contributed by atoms with Crippen LogP contribution in [0.1, 0.15) is 76.7 Å². The summed E-state index contributed by atoms with van der Waals surface area (Å²) < 4.78 is 26.9. The SMILES string of the molecule is Cc1cccc(Cl)c1-c1noc(C2CC2)c1CO[C@H]1CC[C@](O)(c2nc3ccc(C(=O)O)c(F)c3s2)CC1. The first-order chi connectivity index (χ1) is 18.2. The summed E-state index contributed by atoms with van der Waals surface area (Å²) in [6.07, 6.45) is 4.05. The van der Waals surface area contributed by atoms with E-state index >= 15 is 0 Å². The standard InChI is InChI=1S/C28H26ClFN2O5S/c1-14-3-2-4-19(29)21(14)23-18(24(37-32-23)15-5-6-15)13-36-16-9-11-28(35,12-10-16)27-31-20-8-7-17(26(33)34)22(30)25(20)38-27/h2-4,7-8,15-16,35H,5-6,9-13H2,1H3,(H,33,34)/t16-,28+. The first-order valence-electron chi connectivity index (χ1n) is 12.7. The molecular weight excluding hydrogens is 531 g/mol. The molecule has 0 bridgehead atoms. The van der Waals surface area contributed by atoms with Gasteiger partial charge in [-0.1, -0.05) is 28.9 Å². The lowest BCUT2D eigenvalue weighted by molar-refractivity contribution is -0.0640. The molecule has 4 aromatic rings. The van der Waals surface area contributed by atoms with E-state index in [-0.39, 0.29) is 10.8 Å². The van der Waals surface area contributed by atoms with Crippen molar-refractivity contribution in [1.29, 1.82) is 0 Å². The molecule has 0 aliphatic heterocycles. The molecule has 10 heteroatoms. The summed E-state index contributed by atoms with van der Waals surface area (Å²) >= 11 is 7.55. The molecule has 2 aliphatic rings. The maximum Gasteiger partial charge on any atom is 0.338 e. The molecule has 2 N–H and O–H groups in total. The summed E-state index contributed by atoms with van der Waals surface area (Å²) in [6, 6.07) is 8.44. The minimum atomic E-state index is -1.33. The average Bonchev–Trinajstić information content (AvgIpc) is 3.48. The number of carboxylic acid groups (broad SMARTS) is 1. The molecule has 0 spiro atoms. The van der Waals surface area contributed by atoms with Crippen molar-refractivity contribution in [2.75, 3.05) is 0 Å². The fraction of sp³-hybridized carbons (Fsp3) is 0.393. The number of fused-ring (bicyclic) bond motifs is 1. The van der Waals surface area contributed by atoms with Gasteiger partial charge < -0.3 is 19.5 Å². The van der Waals surface area contributed by atoms with Gasteiger partial charge in [-0.25, -0.2) is 14.2 Å². The summed E-state index contributed by atoms with van der Waals surface area (Å²) in [5.41, 5.74) is 2.26. The number of thiazole rings is 1. The summed E-state index contributed by atoms with van der Waals surface area (Å²) in [5, 5.41) is 26.0. The Balaban J connectivity index is 1.18. The predicted molar refractivity (Wildman–Crippen MR) is 141 cm³/mol. The van der Waals surface area contributed by atoms with Gasteiger partial charge in [0.1, 0.15) is 22.1 Å². The van der Waals surface area contributed by atoms with Crippen molar-refractivity contribution in [3.8, 4) is 11.3 Å². The van der Waals surface area contributed by atoms with E-state index in [2.05, 4.69) is 10.1 Å². The molecule has 2 aromatic heterocycles. The number of hydrogen-bond donors (Lipinski definition) is 2. The van der Waals surface area contributed by atoms with Crippen LogP contribution in [-0.2, 0) is 16.9 Å². The second-order valence-electron chi connectivity index (χ2n) is 10.2. The van der Waals surface area contributed by atoms with E-state index in [1.165, 1.54) is 12.1 Å². The smallest absolute Gasteiger partial charge is 0.338 e. The molecule has 0 unspecified atom stereocenters. The topological polar surface area (TPSA) is 106 Å². The zero-order chi connectivity index (χ0) is 26.6. The van der Waals surface area contributed by atoms with Gasteiger partial charge in [0.15, 0.2) is 5.82 Å². The molecule has 2 saturated carbocycles. The van der Waals surface area contributed by atoms with Crippen molar-refractivity contribution in [3.63, 3.8) is 0 Å². The molecule has 0 atom stereocenters. The highest BCUT2D eigenvalue weighted by atomic mass is 35.5. The number of aryl methyl sites for hydroxylation is 1. The van der Waals surface area contributed by atoms with Gasteiger partial charge >= 0.3 is 5.97 Å². The van der Waals surface area contributed by atoms with Crippen molar-refractivity contribution >= 4 is 39.1 Å². The molecule has 2 heterocycles. The van der Waals surface area contributed by atoms with Crippen LogP contribution < -0.4 is 0 Å². The second-order valence-corrected chi connectivity index (χ2v) is 11.6. The number of rotatable bonds is 7. The molecule has 0 radical (unpaired) electrons. The summed E-state index contributed by atoms with van der Waals surface area (Å²) in [4.78, 5) is 15.7. The van der Waals surface area contributed by atoms with E-state index < -0.39 is 23.0 Å². The third-order valence-electron chi connectivity index (χ3n) is 7.57. The van der Waals surface area contributed by atoms with Crippen molar-refractivity contribution < 1.29 is 28.7 Å². The van der Waals surface area contributed by atoms with Gasteiger partial charge in [0, 0.05) is 17.0 Å². The van der Waals surface area contributed by atoms with Crippen LogP contribution in [0, 0.1) is 12.7 Å². The second kappa shape index (κ2) is 9.72. The van der Waals surface area contributed by atoms with Crippen LogP contribution in [0.5, 0.6) is 0 Å². The number of hydrogen-bond acceptors (Lipinski definition) is 7. The first-order valence-corrected chi connectivity index (χ1v) is 13.9. The van der Waals surface area contributed by atoms with Crippen LogP contribution in [0.3, 0.4) is 0 Å². The summed E-state index contributed by atoms with van der Waals surface area (Å²) in [7, 11) is 0. The lowest BCUT2D eigenvalue weighted by atomic mass is 9.83. The van der Waals surface area contributed by atoms with E-state index in [0.29, 0.717) is 53.8 Å². The molecule has 198 valence electrons. The number of aromatic nitrogens is 2. The predicted octanol–water partition coefficient (Wildman–Crippen LogP) is 6.97. The van der Waals surface area contributed by atoms with Crippen molar-refractivity contribution in [2.45, 2.75) is 69.7 Å². The number of benzene rings is 2. The number of aromatic carboxylic acids is 1. The van der Waals surface area contributed by atoms with Crippen molar-refractivity contribution in [2.24, 2.45) is 0 Å². The van der Waals surface area contributed by atoms with Crippen LogP contribution in [-0.4, -0.2) is 32.4 Å². The number of halogens is 2. The zero-order valence-electron chi connectivity index (χ0n) is 20.7. The highest BCUT2D eigenvalue weighted by molar-refractivity contribution is 7.18. The van der Waals surface area contributed by atoms with Crippen molar-refractivity contribution in [3.05, 3.63) is 68.6 Å². The lowest BCUT2D eigenvalue weighted by Gasteiger charge is -2.34. The number of carbonyl (C=O) groups is 1. The van der Waals surface area contributed by atoms with Gasteiger partial charge in [-0.05, 0) is 69.2 Å². The molecular formula is C28H26ClFN2O5S. The van der Waals surface area contributed by atoms with Gasteiger partial charge in [0.2, 0.25) is 0 Å². The first kappa shape index (κ1) is 25.4. The molecule has 2 aliphatic carbocycles. The Kier molecular flexibility index (Phi) is 6.50. The van der Waals surface area contributed by atoms with E-state index in [4.69, 9.17) is 20.9 Å². The maximum absolute atomic E-state index is 14.7. The summed E-state index contributed by atoms with van der Waals surface area (Å²) in [6.45, 7) is 2.33. The van der Waals surface area contributed by atoms with Crippen LogP contribution in [0.15, 0.2) is 34.9 Å². The number of ether oxygens (including phenoxy) is 1. The average molecular weight is 557 g/mol. The van der Waals surface area contributed by atoms with E-state index in [0.717, 1.165) is 52.3 Å². The Labute approximate surface area is 227 Å². The van der Waals surface area contributed by atoms with E-state index in [9.17, 15) is 19.4 Å². The maximum atomic E-state index is 14.7. The van der Waals surface area contributed by atoms with Gasteiger partial charge in [-0.2, -0.15) is 0 Å². The Hall–Kier alpha value is -2.85. The van der Waals surface area contributed by atoms with Crippen LogP contribution in [0.2, 0.25) is 5.02 Å². The Morgan fingerprint density at radius 1 is 1.24 bits per heavy atom. The van der Waals surface area contributed by atoms with Gasteiger partial charge in [-0.15, -0.1) is 11.3 Å². The van der Waals surface area contributed by atoms with E-state index in [1.54, 1.807) is 0 Å². The largest absolute Gasteiger partial charge is 0.478 e. The fourth-order valence-corrected chi connectivity index (χ4v) is 6.69. The number of carboxylic acids is 1. The molecule has 6 rings (SSSR count). The fourth-order valence-electron chi connectivity index (χ4n) is 5.23. The molecule has 0 amide bonds. The zero-order valence-corrected chi connectivity index (χ0v) is 22.2. The Morgan fingerprint density at radius 3 is 2.68 bits per heavy atom. The van der Waals surface area contributed by atoms with Gasteiger partial charge in [0.05, 0.1) is 33.5 Å². The molecule has 38 heavy (non-hydrogen) atoms. The molecule has 2 fully saturated rings. The van der Waals surface area contributed by atoms with Crippen molar-refractivity contribution in [1.82, 2.24) is 10.1 Å². The lowest BCUT2D eigenvalue weighted by Crippen LogP contribution is -2.34. The number of nitrogens with zero attached hydrogens (tertiary/aromatic N) is 2. The van der Waals surface area contributed by atoms with Crippen LogP contribution >= 0.6 is 22.9 Å². The highest BCUT2D eigenvalue weighted by Crippen LogP contribution is 2.46. The minimum absolute atomic E-state index is 0.0813. The van der Waals surface area contributed by atoms with Gasteiger partial charge in [-0.3, -0.25) is 0 Å². The monoisotopic (exact) mass is 556 g/mol. The molecule has 2 aromatic carbocycles. The molecule has 0 saturated heterocycles.